The van der Waals surface area contributed by atoms with E-state index in [0.717, 1.165) is 4.90 Å². The predicted molar refractivity (Wildman–Crippen MR) is 43.1 cm³/mol. The lowest BCUT2D eigenvalue weighted by Crippen LogP contribution is -2.35. The molecular weight excluding hydrogens is 234 g/mol. The summed E-state index contributed by atoms with van der Waals surface area (Å²) in [6.07, 6.45) is -6.13. The van der Waals surface area contributed by atoms with E-state index in [1.54, 1.807) is 0 Å². The van der Waals surface area contributed by atoms with Gasteiger partial charge in [0, 0.05) is 6.54 Å². The maximum absolute atomic E-state index is 12.6. The van der Waals surface area contributed by atoms with Gasteiger partial charge < -0.3 is 9.64 Å². The zero-order valence-corrected chi connectivity index (χ0v) is 8.09. The summed E-state index contributed by atoms with van der Waals surface area (Å²) in [7, 11) is 0. The minimum Gasteiger partial charge on any atom is -0.449 e. The molecule has 1 rings (SSSR count). The summed E-state index contributed by atoms with van der Waals surface area (Å²) in [6.45, 7) is -1.04. The maximum atomic E-state index is 12.6. The molecule has 0 aliphatic carbocycles. The van der Waals surface area contributed by atoms with E-state index in [2.05, 4.69) is 4.74 Å². The fourth-order valence-electron chi connectivity index (χ4n) is 1.24. The third-order valence-electron chi connectivity index (χ3n) is 2.04. The van der Waals surface area contributed by atoms with E-state index in [-0.39, 0.29) is 19.5 Å². The zero-order valence-electron chi connectivity index (χ0n) is 8.09. The molecule has 0 unspecified atom stereocenters. The molecule has 1 fully saturated rings. The van der Waals surface area contributed by atoms with Crippen LogP contribution in [0.25, 0.3) is 0 Å². The van der Waals surface area contributed by atoms with Gasteiger partial charge in [0.1, 0.15) is 6.17 Å². The van der Waals surface area contributed by atoms with Gasteiger partial charge in [-0.1, -0.05) is 0 Å². The van der Waals surface area contributed by atoms with Gasteiger partial charge >= 0.3 is 12.1 Å². The Hall–Kier alpha value is -1.34. The monoisotopic (exact) mass is 243 g/mol. The van der Waals surface area contributed by atoms with E-state index in [0.29, 0.717) is 0 Å². The Morgan fingerprint density at radius 1 is 1.38 bits per heavy atom. The van der Waals surface area contributed by atoms with Crippen molar-refractivity contribution < 1.29 is 31.9 Å². The number of carbonyl (C=O) groups excluding carboxylic acids is 2. The Morgan fingerprint density at radius 3 is 2.44 bits per heavy atom. The Balaban J connectivity index is 2.33. The number of halogens is 4. The molecule has 0 aromatic carbocycles. The number of hydrogen-bond donors (Lipinski definition) is 0. The van der Waals surface area contributed by atoms with Crippen LogP contribution in [0.1, 0.15) is 6.42 Å². The molecule has 0 bridgehead atoms. The second kappa shape index (κ2) is 4.67. The Bertz CT molecular complexity index is 291. The summed E-state index contributed by atoms with van der Waals surface area (Å²) in [5.74, 6) is -3.24. The Labute approximate surface area is 88.1 Å². The van der Waals surface area contributed by atoms with Crippen LogP contribution in [0.15, 0.2) is 0 Å². The molecule has 0 N–H and O–H groups in total. The summed E-state index contributed by atoms with van der Waals surface area (Å²) in [5, 5.41) is 0. The number of likely N-dealkylation sites (tertiary alicyclic amines) is 1. The number of carbonyl (C=O) groups is 2. The third-order valence-corrected chi connectivity index (χ3v) is 2.04. The summed E-state index contributed by atoms with van der Waals surface area (Å²) in [5.41, 5.74) is 0. The predicted octanol–water partition coefficient (Wildman–Crippen LogP) is 0.662. The standard InChI is InChI=1S/C8H9F4NO3/c9-5-1-2-13(3-5)6(14)4-16-7(15)8(10,11)12/h5H,1-4H2/t5-/m0/s1. The van der Waals surface area contributed by atoms with Crippen molar-refractivity contribution in [1.29, 1.82) is 0 Å². The summed E-state index contributed by atoms with van der Waals surface area (Å²) in [6, 6.07) is 0. The van der Waals surface area contributed by atoms with Crippen LogP contribution in [-0.2, 0) is 14.3 Å². The van der Waals surface area contributed by atoms with Crippen LogP contribution in [0.4, 0.5) is 17.6 Å². The van der Waals surface area contributed by atoms with E-state index in [4.69, 9.17) is 0 Å². The fourth-order valence-corrected chi connectivity index (χ4v) is 1.24. The minimum absolute atomic E-state index is 0.129. The van der Waals surface area contributed by atoms with Gasteiger partial charge in [0.05, 0.1) is 6.54 Å². The van der Waals surface area contributed by atoms with Crippen LogP contribution in [0.3, 0.4) is 0 Å². The summed E-state index contributed by atoms with van der Waals surface area (Å²) in [4.78, 5) is 22.4. The number of nitrogens with zero attached hydrogens (tertiary/aromatic N) is 1. The number of esters is 1. The Morgan fingerprint density at radius 2 is 2.00 bits per heavy atom. The molecule has 4 nitrogen and oxygen atoms in total. The van der Waals surface area contributed by atoms with Crippen molar-refractivity contribution in [3.8, 4) is 0 Å². The molecule has 0 radical (unpaired) electrons. The molecule has 1 aliphatic heterocycles. The average molecular weight is 243 g/mol. The highest BCUT2D eigenvalue weighted by Crippen LogP contribution is 2.17. The van der Waals surface area contributed by atoms with Crippen molar-refractivity contribution in [3.63, 3.8) is 0 Å². The van der Waals surface area contributed by atoms with Gasteiger partial charge in [-0.25, -0.2) is 9.18 Å². The van der Waals surface area contributed by atoms with Gasteiger partial charge in [-0.15, -0.1) is 0 Å². The van der Waals surface area contributed by atoms with Crippen LogP contribution in [-0.4, -0.2) is 48.8 Å². The molecule has 1 aliphatic rings. The van der Waals surface area contributed by atoms with Gasteiger partial charge in [0.25, 0.3) is 5.91 Å². The first kappa shape index (κ1) is 12.7. The molecule has 1 amide bonds. The first-order valence-electron chi connectivity index (χ1n) is 4.46. The van der Waals surface area contributed by atoms with Crippen molar-refractivity contribution in [2.24, 2.45) is 0 Å². The SMILES string of the molecule is O=C(COC(=O)C(F)(F)F)N1CC[C@H](F)C1. The lowest BCUT2D eigenvalue weighted by Gasteiger charge is -2.15. The number of hydrogen-bond acceptors (Lipinski definition) is 3. The van der Waals surface area contributed by atoms with Crippen LogP contribution >= 0.6 is 0 Å². The van der Waals surface area contributed by atoms with Gasteiger partial charge in [0.2, 0.25) is 0 Å². The average Bonchev–Trinajstić information content (AvgIpc) is 2.59. The Kier molecular flexibility index (Phi) is 3.71. The highest BCUT2D eigenvalue weighted by molar-refractivity contribution is 5.82. The van der Waals surface area contributed by atoms with E-state index in [9.17, 15) is 27.2 Å². The zero-order chi connectivity index (χ0) is 12.3. The lowest BCUT2D eigenvalue weighted by atomic mass is 10.3. The highest BCUT2D eigenvalue weighted by atomic mass is 19.4. The molecule has 0 saturated carbocycles. The summed E-state index contributed by atoms with van der Waals surface area (Å²) >= 11 is 0. The van der Waals surface area contributed by atoms with Crippen LogP contribution < -0.4 is 0 Å². The van der Waals surface area contributed by atoms with Gasteiger partial charge in [-0.2, -0.15) is 13.2 Å². The quantitative estimate of drug-likeness (QED) is 0.528. The molecule has 1 heterocycles. The first-order valence-corrected chi connectivity index (χ1v) is 4.46. The van der Waals surface area contributed by atoms with Crippen LogP contribution in [0.2, 0.25) is 0 Å². The lowest BCUT2D eigenvalue weighted by molar-refractivity contribution is -0.200. The van der Waals surface area contributed by atoms with E-state index >= 15 is 0 Å². The minimum atomic E-state index is -5.12. The highest BCUT2D eigenvalue weighted by Gasteiger charge is 2.41. The number of amides is 1. The van der Waals surface area contributed by atoms with Gasteiger partial charge in [0.15, 0.2) is 6.61 Å². The van der Waals surface area contributed by atoms with E-state index < -0.39 is 30.8 Å². The number of alkyl halides is 4. The molecule has 0 spiro atoms. The topological polar surface area (TPSA) is 46.6 Å². The smallest absolute Gasteiger partial charge is 0.449 e. The van der Waals surface area contributed by atoms with Crippen LogP contribution in [0.5, 0.6) is 0 Å². The van der Waals surface area contributed by atoms with Gasteiger partial charge in [-0.05, 0) is 6.42 Å². The van der Waals surface area contributed by atoms with E-state index in [1.165, 1.54) is 0 Å². The fraction of sp³-hybridized carbons (Fsp3) is 0.750. The number of rotatable bonds is 2. The van der Waals surface area contributed by atoms with Crippen molar-refractivity contribution in [1.82, 2.24) is 4.90 Å². The molecule has 0 aromatic heterocycles. The van der Waals surface area contributed by atoms with Crippen molar-refractivity contribution in [2.75, 3.05) is 19.7 Å². The second-order valence-corrected chi connectivity index (χ2v) is 3.30. The van der Waals surface area contributed by atoms with Gasteiger partial charge in [-0.3, -0.25) is 4.79 Å². The molecule has 8 heteroatoms. The molecule has 16 heavy (non-hydrogen) atoms. The largest absolute Gasteiger partial charge is 0.490 e. The second-order valence-electron chi connectivity index (χ2n) is 3.30. The van der Waals surface area contributed by atoms with Crippen molar-refractivity contribution in [3.05, 3.63) is 0 Å². The molecule has 1 atom stereocenters. The number of ether oxygens (including phenoxy) is 1. The van der Waals surface area contributed by atoms with Crippen LogP contribution in [0, 0.1) is 0 Å². The first-order chi connectivity index (χ1) is 7.30. The van der Waals surface area contributed by atoms with Crippen molar-refractivity contribution >= 4 is 11.9 Å². The van der Waals surface area contributed by atoms with E-state index in [1.807, 2.05) is 0 Å². The molecule has 1 saturated heterocycles. The summed E-state index contributed by atoms with van der Waals surface area (Å²) < 4.78 is 51.4. The molecule has 92 valence electrons. The third kappa shape index (κ3) is 3.35. The molecule has 0 aromatic rings. The van der Waals surface area contributed by atoms with Crippen molar-refractivity contribution in [2.45, 2.75) is 18.8 Å². The normalized spacial score (nSPS) is 21.0. The molecular formula is C8H9F4NO3. The maximum Gasteiger partial charge on any atom is 0.490 e.